The molecule has 116 valence electrons. The average molecular weight is 292 g/mol. The van der Waals surface area contributed by atoms with Crippen molar-refractivity contribution in [2.24, 2.45) is 0 Å². The maximum absolute atomic E-state index is 13.7. The lowest BCUT2D eigenvalue weighted by atomic mass is 9.91. The fourth-order valence-electron chi connectivity index (χ4n) is 3.64. The van der Waals surface area contributed by atoms with E-state index in [1.165, 1.54) is 12.5 Å². The summed E-state index contributed by atoms with van der Waals surface area (Å²) in [4.78, 5) is 4.74. The SMILES string of the molecule is O[C@@H]1CCCC[C@H]1N1CCN(Cc2ccccc2F)CC1. The topological polar surface area (TPSA) is 26.7 Å². The lowest BCUT2D eigenvalue weighted by Crippen LogP contribution is -2.54. The number of rotatable bonds is 3. The van der Waals surface area contributed by atoms with Gasteiger partial charge >= 0.3 is 0 Å². The van der Waals surface area contributed by atoms with Gasteiger partial charge < -0.3 is 5.11 Å². The van der Waals surface area contributed by atoms with Gasteiger partial charge in [0.2, 0.25) is 0 Å². The molecule has 1 aliphatic heterocycles. The quantitative estimate of drug-likeness (QED) is 0.925. The van der Waals surface area contributed by atoms with Crippen molar-refractivity contribution >= 4 is 0 Å². The van der Waals surface area contributed by atoms with Gasteiger partial charge in [0.05, 0.1) is 6.10 Å². The minimum Gasteiger partial charge on any atom is -0.391 e. The molecule has 0 spiro atoms. The van der Waals surface area contributed by atoms with E-state index in [1.54, 1.807) is 6.07 Å². The zero-order valence-electron chi connectivity index (χ0n) is 12.5. The second-order valence-electron chi connectivity index (χ2n) is 6.32. The molecule has 2 aliphatic rings. The number of hydrogen-bond acceptors (Lipinski definition) is 3. The van der Waals surface area contributed by atoms with Crippen LogP contribution in [0, 0.1) is 5.82 Å². The summed E-state index contributed by atoms with van der Waals surface area (Å²) in [6.45, 7) is 4.56. The van der Waals surface area contributed by atoms with Gasteiger partial charge in [0, 0.05) is 44.3 Å². The first-order chi connectivity index (χ1) is 10.2. The molecule has 0 bridgehead atoms. The van der Waals surface area contributed by atoms with Crippen molar-refractivity contribution in [2.45, 2.75) is 44.4 Å². The second kappa shape index (κ2) is 6.86. The van der Waals surface area contributed by atoms with E-state index in [0.717, 1.165) is 51.0 Å². The van der Waals surface area contributed by atoms with Crippen LogP contribution in [0.15, 0.2) is 24.3 Å². The molecule has 1 aromatic carbocycles. The van der Waals surface area contributed by atoms with E-state index >= 15 is 0 Å². The Hall–Kier alpha value is -0.970. The number of aliphatic hydroxyl groups is 1. The van der Waals surface area contributed by atoms with Crippen molar-refractivity contribution in [3.05, 3.63) is 35.6 Å². The van der Waals surface area contributed by atoms with Crippen molar-refractivity contribution in [1.29, 1.82) is 0 Å². The summed E-state index contributed by atoms with van der Waals surface area (Å²) in [7, 11) is 0. The summed E-state index contributed by atoms with van der Waals surface area (Å²) >= 11 is 0. The van der Waals surface area contributed by atoms with E-state index in [4.69, 9.17) is 0 Å². The molecule has 1 aromatic rings. The standard InChI is InChI=1S/C17H25FN2O/c18-15-6-2-1-5-14(15)13-19-9-11-20(12-10-19)16-7-3-4-8-17(16)21/h1-2,5-6,16-17,21H,3-4,7-13H2/t16-,17-/m1/s1. The summed E-state index contributed by atoms with van der Waals surface area (Å²) in [5.74, 6) is -0.109. The Labute approximate surface area is 126 Å². The van der Waals surface area contributed by atoms with E-state index in [0.29, 0.717) is 12.6 Å². The van der Waals surface area contributed by atoms with Gasteiger partial charge in [-0.25, -0.2) is 4.39 Å². The molecular formula is C17H25FN2O. The fraction of sp³-hybridized carbons (Fsp3) is 0.647. The first kappa shape index (κ1) is 14.9. The molecule has 3 nitrogen and oxygen atoms in total. The number of piperazine rings is 1. The van der Waals surface area contributed by atoms with Crippen LogP contribution in [0.1, 0.15) is 31.2 Å². The Balaban J connectivity index is 1.52. The number of hydrogen-bond donors (Lipinski definition) is 1. The van der Waals surface area contributed by atoms with Crippen LogP contribution in [0.25, 0.3) is 0 Å². The first-order valence-corrected chi connectivity index (χ1v) is 8.12. The summed E-state index contributed by atoms with van der Waals surface area (Å²) < 4.78 is 13.7. The average Bonchev–Trinajstić information content (AvgIpc) is 2.51. The van der Waals surface area contributed by atoms with Crippen LogP contribution in [0.2, 0.25) is 0 Å². The molecule has 2 fully saturated rings. The normalized spacial score (nSPS) is 28.7. The van der Waals surface area contributed by atoms with Crippen molar-refractivity contribution < 1.29 is 9.50 Å². The monoisotopic (exact) mass is 292 g/mol. The van der Waals surface area contributed by atoms with Gasteiger partial charge in [-0.15, -0.1) is 0 Å². The van der Waals surface area contributed by atoms with E-state index in [1.807, 2.05) is 12.1 Å². The molecule has 1 saturated heterocycles. The van der Waals surface area contributed by atoms with Gasteiger partial charge in [-0.05, 0) is 18.9 Å². The maximum atomic E-state index is 13.7. The Morgan fingerprint density at radius 1 is 1.05 bits per heavy atom. The first-order valence-electron chi connectivity index (χ1n) is 8.12. The molecule has 0 unspecified atom stereocenters. The summed E-state index contributed by atoms with van der Waals surface area (Å²) in [6, 6.07) is 7.37. The Morgan fingerprint density at radius 3 is 2.48 bits per heavy atom. The third-order valence-electron chi connectivity index (χ3n) is 4.92. The molecule has 1 aliphatic carbocycles. The van der Waals surface area contributed by atoms with Crippen LogP contribution in [0.3, 0.4) is 0 Å². The summed E-state index contributed by atoms with van der Waals surface area (Å²) in [5, 5.41) is 10.2. The molecule has 0 amide bonds. The number of halogens is 1. The zero-order chi connectivity index (χ0) is 14.7. The Morgan fingerprint density at radius 2 is 1.76 bits per heavy atom. The van der Waals surface area contributed by atoms with Crippen molar-refractivity contribution in [3.8, 4) is 0 Å². The highest BCUT2D eigenvalue weighted by Gasteiger charge is 2.30. The van der Waals surface area contributed by atoms with Gasteiger partial charge in [0.15, 0.2) is 0 Å². The maximum Gasteiger partial charge on any atom is 0.127 e. The highest BCUT2D eigenvalue weighted by Crippen LogP contribution is 2.24. The van der Waals surface area contributed by atoms with Crippen molar-refractivity contribution in [3.63, 3.8) is 0 Å². The van der Waals surface area contributed by atoms with Crippen LogP contribution in [0.5, 0.6) is 0 Å². The molecule has 0 aromatic heterocycles. The summed E-state index contributed by atoms with van der Waals surface area (Å²) in [5.41, 5.74) is 0.781. The Bertz CT molecular complexity index is 460. The largest absolute Gasteiger partial charge is 0.391 e. The van der Waals surface area contributed by atoms with Crippen LogP contribution in [0.4, 0.5) is 4.39 Å². The highest BCUT2D eigenvalue weighted by atomic mass is 19.1. The van der Waals surface area contributed by atoms with Gasteiger partial charge in [-0.3, -0.25) is 9.80 Å². The van der Waals surface area contributed by atoms with Gasteiger partial charge in [0.1, 0.15) is 5.82 Å². The minimum absolute atomic E-state index is 0.109. The number of aliphatic hydroxyl groups excluding tert-OH is 1. The molecule has 0 radical (unpaired) electrons. The molecule has 1 saturated carbocycles. The summed E-state index contributed by atoms with van der Waals surface area (Å²) in [6.07, 6.45) is 4.30. The lowest BCUT2D eigenvalue weighted by molar-refractivity contribution is -0.00484. The van der Waals surface area contributed by atoms with Crippen molar-refractivity contribution in [2.75, 3.05) is 26.2 Å². The smallest absolute Gasteiger partial charge is 0.127 e. The van der Waals surface area contributed by atoms with Gasteiger partial charge in [-0.2, -0.15) is 0 Å². The molecule has 3 rings (SSSR count). The molecule has 4 heteroatoms. The lowest BCUT2D eigenvalue weighted by Gasteiger charge is -2.42. The second-order valence-corrected chi connectivity index (χ2v) is 6.32. The van der Waals surface area contributed by atoms with Crippen molar-refractivity contribution in [1.82, 2.24) is 9.80 Å². The van der Waals surface area contributed by atoms with E-state index in [-0.39, 0.29) is 11.9 Å². The van der Waals surface area contributed by atoms with Gasteiger partial charge in [-0.1, -0.05) is 31.0 Å². The van der Waals surface area contributed by atoms with Crippen LogP contribution >= 0.6 is 0 Å². The predicted octanol–water partition coefficient (Wildman–Crippen LogP) is 2.25. The predicted molar refractivity (Wildman–Crippen MR) is 81.5 cm³/mol. The van der Waals surface area contributed by atoms with E-state index in [9.17, 15) is 9.50 Å². The third-order valence-corrected chi connectivity index (χ3v) is 4.92. The number of nitrogens with zero attached hydrogens (tertiary/aromatic N) is 2. The van der Waals surface area contributed by atoms with E-state index < -0.39 is 0 Å². The molecule has 2 atom stereocenters. The minimum atomic E-state index is -0.156. The molecule has 21 heavy (non-hydrogen) atoms. The molecule has 1 heterocycles. The van der Waals surface area contributed by atoms with Gasteiger partial charge in [0.25, 0.3) is 0 Å². The Kier molecular flexibility index (Phi) is 4.88. The van der Waals surface area contributed by atoms with Crippen LogP contribution < -0.4 is 0 Å². The van der Waals surface area contributed by atoms with Crippen LogP contribution in [-0.2, 0) is 6.54 Å². The number of benzene rings is 1. The third kappa shape index (κ3) is 3.62. The molecule has 1 N–H and O–H groups in total. The zero-order valence-corrected chi connectivity index (χ0v) is 12.5. The molecular weight excluding hydrogens is 267 g/mol. The fourth-order valence-corrected chi connectivity index (χ4v) is 3.64. The van der Waals surface area contributed by atoms with E-state index in [2.05, 4.69) is 9.80 Å². The highest BCUT2D eigenvalue weighted by molar-refractivity contribution is 5.17. The van der Waals surface area contributed by atoms with Crippen LogP contribution in [-0.4, -0.2) is 53.2 Å².